The van der Waals surface area contributed by atoms with Crippen LogP contribution in [-0.4, -0.2) is 71.6 Å². The highest BCUT2D eigenvalue weighted by molar-refractivity contribution is 9.10. The number of sulfonamides is 2. The van der Waals surface area contributed by atoms with Crippen LogP contribution < -0.4 is 9.03 Å². The molecule has 1 amide bonds. The molecule has 0 radical (unpaired) electrons. The van der Waals surface area contributed by atoms with Crippen molar-refractivity contribution in [3.63, 3.8) is 0 Å². The van der Waals surface area contributed by atoms with Crippen molar-refractivity contribution in [1.29, 1.82) is 0 Å². The van der Waals surface area contributed by atoms with Gasteiger partial charge < -0.3 is 4.74 Å². The van der Waals surface area contributed by atoms with Crippen molar-refractivity contribution in [2.45, 2.75) is 77.0 Å². The summed E-state index contributed by atoms with van der Waals surface area (Å²) in [5, 5.41) is 1.74. The van der Waals surface area contributed by atoms with Crippen LogP contribution in [0, 0.1) is 0 Å². The topological polar surface area (TPSA) is 165 Å². The van der Waals surface area contributed by atoms with Crippen LogP contribution in [0.3, 0.4) is 0 Å². The van der Waals surface area contributed by atoms with Crippen LogP contribution in [0.15, 0.2) is 148 Å². The second kappa shape index (κ2) is 25.4. The van der Waals surface area contributed by atoms with E-state index in [1.165, 1.54) is 43.8 Å². The van der Waals surface area contributed by atoms with Crippen molar-refractivity contribution in [2.24, 2.45) is 0 Å². The van der Waals surface area contributed by atoms with Crippen LogP contribution in [0.5, 0.6) is 0 Å². The Morgan fingerprint density at radius 3 is 1.60 bits per heavy atom. The third-order valence-electron chi connectivity index (χ3n) is 9.57. The van der Waals surface area contributed by atoms with Crippen LogP contribution in [0.1, 0.15) is 93.9 Å². The van der Waals surface area contributed by atoms with E-state index in [1.54, 1.807) is 85.9 Å². The van der Waals surface area contributed by atoms with Crippen LogP contribution in [0.25, 0.3) is 0 Å². The molecule has 0 aliphatic heterocycles. The minimum Gasteiger partial charge on any atom is -0.363 e. The molecule has 2 aromatic heterocycles. The fourth-order valence-electron chi connectivity index (χ4n) is 5.83. The standard InChI is InChI=1S/C22H21ClN2O3S.C17H20BrClN2O3S.C9H11NO2.2CH4/c1-22(2,3)16-9-11-18(12-10-16)29(27,28)25-19-13-17(23)14-24-20(19)21(26)15-7-5-4-6-8-15;1-17(2,3)12-5-7-14(8-6-12)25(22,23)21(11-24-4)15-9-13(19)10-20-16(15)18;1-10(12-2)9(11)8-6-4-3-5-7-8;;/h4-14,25H,1-3H3;5-10H,11H2,1-4H3;3-7H,1-2H3;2*1H4. The lowest BCUT2D eigenvalue weighted by Gasteiger charge is -2.25. The molecule has 6 rings (SSSR count). The van der Waals surface area contributed by atoms with E-state index in [0.29, 0.717) is 26.4 Å². The number of ketones is 1. The van der Waals surface area contributed by atoms with Gasteiger partial charge in [0.05, 0.1) is 38.3 Å². The smallest absolute Gasteiger partial charge is 0.277 e. The van der Waals surface area contributed by atoms with Gasteiger partial charge in [-0.3, -0.25) is 19.1 Å². The van der Waals surface area contributed by atoms with Gasteiger partial charge in [-0.05, 0) is 86.4 Å². The Hall–Kier alpha value is -5.20. The first-order chi connectivity index (χ1) is 30.9. The molecule has 0 saturated carbocycles. The van der Waals surface area contributed by atoms with E-state index in [-0.39, 0.29) is 64.5 Å². The number of nitrogens with one attached hydrogen (secondary N) is 1. The Labute approximate surface area is 421 Å². The molecule has 0 unspecified atom stereocenters. The molecule has 0 fully saturated rings. The lowest BCUT2D eigenvalue weighted by molar-refractivity contribution is -0.0756. The van der Waals surface area contributed by atoms with Gasteiger partial charge in [-0.2, -0.15) is 0 Å². The molecule has 18 heteroatoms. The zero-order chi connectivity index (χ0) is 49.0. The zero-order valence-corrected chi connectivity index (χ0v) is 42.6. The summed E-state index contributed by atoms with van der Waals surface area (Å²) in [6, 6.07) is 33.9. The Morgan fingerprint density at radius 1 is 0.676 bits per heavy atom. The summed E-state index contributed by atoms with van der Waals surface area (Å²) in [4.78, 5) is 37.3. The lowest BCUT2D eigenvalue weighted by Crippen LogP contribution is -2.33. The molecule has 0 spiro atoms. The van der Waals surface area contributed by atoms with E-state index in [4.69, 9.17) is 32.8 Å². The molecular weight excluding hydrogens is 1010 g/mol. The summed E-state index contributed by atoms with van der Waals surface area (Å²) in [6.07, 6.45) is 2.75. The third kappa shape index (κ3) is 15.9. The summed E-state index contributed by atoms with van der Waals surface area (Å²) in [6.45, 7) is 12.2. The monoisotopic (exact) mass is 1070 g/mol. The Balaban J connectivity index is 0.000000371. The summed E-state index contributed by atoms with van der Waals surface area (Å²) in [5.74, 6) is -0.541. The maximum absolute atomic E-state index is 13.1. The summed E-state index contributed by atoms with van der Waals surface area (Å²) in [5.41, 5.74) is 3.27. The molecule has 0 atom stereocenters. The SMILES string of the molecule is C.C.CC(C)(C)c1ccc(S(=O)(=O)Nc2cc(Cl)cnc2C(=O)c2ccccc2)cc1.COCN(c1cc(Cl)cnc1Br)S(=O)(=O)c1ccc(C(C)(C)C)cc1.CON(C)C(=O)c1ccccc1. The third-order valence-corrected chi connectivity index (χ3v) is 13.7. The predicted molar refractivity (Wildman–Crippen MR) is 278 cm³/mol. The summed E-state index contributed by atoms with van der Waals surface area (Å²) < 4.78 is 61.0. The molecule has 0 aliphatic rings. The van der Waals surface area contributed by atoms with Crippen LogP contribution in [-0.2, 0) is 40.5 Å². The molecular formula is C50H60BrCl2N5O8S2. The molecule has 4 aromatic carbocycles. The molecule has 1 N–H and O–H groups in total. The number of ether oxygens (including phenoxy) is 1. The number of hydrogen-bond donors (Lipinski definition) is 1. The van der Waals surface area contributed by atoms with Crippen molar-refractivity contribution in [2.75, 3.05) is 37.0 Å². The van der Waals surface area contributed by atoms with Crippen molar-refractivity contribution >= 4 is 82.2 Å². The minimum atomic E-state index is -3.93. The number of methoxy groups -OCH3 is 1. The van der Waals surface area contributed by atoms with Gasteiger partial charge in [-0.25, -0.2) is 36.2 Å². The van der Waals surface area contributed by atoms with Gasteiger partial charge in [-0.1, -0.05) is 152 Å². The number of nitrogens with zero attached hydrogens (tertiary/aromatic N) is 4. The van der Waals surface area contributed by atoms with Crippen LogP contribution in [0.4, 0.5) is 11.4 Å². The highest BCUT2D eigenvalue weighted by Crippen LogP contribution is 2.33. The highest BCUT2D eigenvalue weighted by atomic mass is 79.9. The average Bonchev–Trinajstić information content (AvgIpc) is 3.28. The second-order valence-corrected chi connectivity index (χ2v) is 21.7. The van der Waals surface area contributed by atoms with Crippen molar-refractivity contribution in [1.82, 2.24) is 15.0 Å². The van der Waals surface area contributed by atoms with E-state index in [0.717, 1.165) is 15.4 Å². The van der Waals surface area contributed by atoms with Crippen LogP contribution >= 0.6 is 39.1 Å². The van der Waals surface area contributed by atoms with Gasteiger partial charge in [0.25, 0.3) is 26.0 Å². The van der Waals surface area contributed by atoms with Gasteiger partial charge in [0.15, 0.2) is 0 Å². The quantitative estimate of drug-likeness (QED) is 0.0539. The number of carbonyl (C=O) groups excluding carboxylic acids is 2. The van der Waals surface area contributed by atoms with Crippen molar-refractivity contribution in [3.05, 3.63) is 176 Å². The second-order valence-electron chi connectivity index (χ2n) is 16.5. The van der Waals surface area contributed by atoms with E-state index in [9.17, 15) is 26.4 Å². The molecule has 2 heterocycles. The Morgan fingerprint density at radius 2 is 1.13 bits per heavy atom. The number of hydrogen-bond acceptors (Lipinski definition) is 10. The first-order valence-electron chi connectivity index (χ1n) is 20.1. The van der Waals surface area contributed by atoms with E-state index in [1.807, 2.05) is 51.1 Å². The number of rotatable bonds is 12. The molecule has 0 saturated heterocycles. The lowest BCUT2D eigenvalue weighted by atomic mass is 9.87. The Bertz CT molecular complexity index is 2810. The fraction of sp³-hybridized carbons (Fsp3) is 0.280. The number of aromatic nitrogens is 2. The van der Waals surface area contributed by atoms with Crippen molar-refractivity contribution in [3.8, 4) is 0 Å². The fourth-order valence-corrected chi connectivity index (χ4v) is 9.13. The van der Waals surface area contributed by atoms with Gasteiger partial charge in [0, 0.05) is 37.7 Å². The van der Waals surface area contributed by atoms with Gasteiger partial charge in [-0.15, -0.1) is 0 Å². The number of amides is 1. The minimum absolute atomic E-state index is 0. The summed E-state index contributed by atoms with van der Waals surface area (Å²) >= 11 is 15.3. The summed E-state index contributed by atoms with van der Waals surface area (Å²) in [7, 11) is -3.30. The zero-order valence-electron chi connectivity index (χ0n) is 37.9. The molecule has 68 heavy (non-hydrogen) atoms. The molecule has 0 aliphatic carbocycles. The molecule has 0 bridgehead atoms. The molecule has 6 aromatic rings. The predicted octanol–water partition coefficient (Wildman–Crippen LogP) is 12.3. The van der Waals surface area contributed by atoms with Gasteiger partial charge in [0.1, 0.15) is 17.0 Å². The number of carbonyl (C=O) groups is 2. The molecule has 366 valence electrons. The number of hydroxylamine groups is 2. The van der Waals surface area contributed by atoms with E-state index >= 15 is 0 Å². The first kappa shape index (κ1) is 58.9. The normalized spacial score (nSPS) is 11.2. The van der Waals surface area contributed by atoms with E-state index in [2.05, 4.69) is 51.4 Å². The van der Waals surface area contributed by atoms with Gasteiger partial charge in [0.2, 0.25) is 5.78 Å². The molecule has 13 nitrogen and oxygen atoms in total. The highest BCUT2D eigenvalue weighted by Gasteiger charge is 2.28. The number of benzene rings is 4. The van der Waals surface area contributed by atoms with Crippen molar-refractivity contribution < 1.29 is 36.0 Å². The van der Waals surface area contributed by atoms with Crippen LogP contribution in [0.2, 0.25) is 10.0 Å². The maximum atomic E-state index is 13.1. The first-order valence-corrected chi connectivity index (χ1v) is 24.6. The number of halogens is 3. The van der Waals surface area contributed by atoms with Gasteiger partial charge >= 0.3 is 0 Å². The number of pyridine rings is 2. The number of anilines is 2. The average molecular weight is 1070 g/mol. The maximum Gasteiger partial charge on any atom is 0.277 e. The largest absolute Gasteiger partial charge is 0.363 e. The van der Waals surface area contributed by atoms with E-state index < -0.39 is 25.8 Å². The Kier molecular flexibility index (Phi) is 22.0.